The highest BCUT2D eigenvalue weighted by Gasteiger charge is 2.48. The molecule has 1 amide bonds. The summed E-state index contributed by atoms with van der Waals surface area (Å²) in [6.07, 6.45) is 0.688. The number of anilines is 1. The third kappa shape index (κ3) is 5.78. The van der Waals surface area contributed by atoms with E-state index in [-0.39, 0.29) is 29.8 Å². The topological polar surface area (TPSA) is 38.8 Å². The standard InChI is InChI=1S/C29H29F4N2O3/c30-22-5-4-6-23(17-22)34(18-20-15-25(31)28(33)26(32)16-20)29(36)38-27-19-35(11-9-21(27)10-12-35)13-14-37-24-7-2-1-3-8-24/h1-8,15-17,21,27H,9-14,18-19H2/q+1/t21?,27-,35?/m0/s1. The van der Waals surface area contributed by atoms with Gasteiger partial charge in [-0.25, -0.2) is 22.4 Å². The van der Waals surface area contributed by atoms with Crippen LogP contribution in [0.15, 0.2) is 66.7 Å². The van der Waals surface area contributed by atoms with Gasteiger partial charge in [0.05, 0.1) is 25.3 Å². The summed E-state index contributed by atoms with van der Waals surface area (Å²) in [6, 6.07) is 16.5. The third-order valence-electron chi connectivity index (χ3n) is 7.60. The van der Waals surface area contributed by atoms with Gasteiger partial charge in [0.2, 0.25) is 0 Å². The first-order chi connectivity index (χ1) is 18.3. The number of benzene rings is 3. The van der Waals surface area contributed by atoms with Gasteiger partial charge in [-0.2, -0.15) is 0 Å². The minimum atomic E-state index is -1.59. The zero-order valence-corrected chi connectivity index (χ0v) is 20.8. The number of nitrogens with zero attached hydrogens (tertiary/aromatic N) is 2. The number of hydrogen-bond donors (Lipinski definition) is 0. The van der Waals surface area contributed by atoms with Gasteiger partial charge in [0.1, 0.15) is 31.3 Å². The summed E-state index contributed by atoms with van der Waals surface area (Å²) < 4.78 is 67.9. The number of halogens is 4. The number of amides is 1. The molecule has 3 aromatic rings. The van der Waals surface area contributed by atoms with Gasteiger partial charge in [-0.05, 0) is 48.0 Å². The predicted molar refractivity (Wildman–Crippen MR) is 134 cm³/mol. The Morgan fingerprint density at radius 2 is 1.63 bits per heavy atom. The number of hydrogen-bond acceptors (Lipinski definition) is 3. The van der Waals surface area contributed by atoms with E-state index in [1.54, 1.807) is 0 Å². The van der Waals surface area contributed by atoms with E-state index < -0.39 is 29.4 Å². The molecular weight excluding hydrogens is 500 g/mol. The minimum absolute atomic E-state index is 0.0121. The van der Waals surface area contributed by atoms with Crippen LogP contribution in [0.5, 0.6) is 5.75 Å². The summed E-state index contributed by atoms with van der Waals surface area (Å²) in [5.74, 6) is -3.90. The van der Waals surface area contributed by atoms with Crippen molar-refractivity contribution in [3.8, 4) is 5.75 Å². The molecule has 5 nitrogen and oxygen atoms in total. The van der Waals surface area contributed by atoms with E-state index in [4.69, 9.17) is 9.47 Å². The fourth-order valence-electron chi connectivity index (χ4n) is 5.52. The zero-order valence-electron chi connectivity index (χ0n) is 20.8. The second kappa shape index (κ2) is 11.0. The summed E-state index contributed by atoms with van der Waals surface area (Å²) in [4.78, 5) is 14.6. The lowest BCUT2D eigenvalue weighted by Gasteiger charge is -2.52. The van der Waals surface area contributed by atoms with E-state index in [0.717, 1.165) is 65.8 Å². The number of piperidine rings is 3. The van der Waals surface area contributed by atoms with Gasteiger partial charge < -0.3 is 14.0 Å². The number of rotatable bonds is 8. The van der Waals surface area contributed by atoms with Crippen LogP contribution in [0.25, 0.3) is 0 Å². The van der Waals surface area contributed by atoms with Crippen molar-refractivity contribution in [2.45, 2.75) is 25.5 Å². The SMILES string of the molecule is O=C(O[C@H]1C[N+]2(CCOc3ccccc3)CCC1CC2)N(Cc1cc(F)c(F)c(F)c1)c1cccc(F)c1. The Kier molecular flexibility index (Phi) is 7.56. The molecule has 0 unspecified atom stereocenters. The largest absolute Gasteiger partial charge is 0.488 e. The molecule has 3 aliphatic rings. The highest BCUT2D eigenvalue weighted by atomic mass is 19.2. The number of para-hydroxylation sites is 1. The van der Waals surface area contributed by atoms with Crippen molar-refractivity contribution in [1.29, 1.82) is 0 Å². The first kappa shape index (κ1) is 26.0. The molecule has 0 spiro atoms. The van der Waals surface area contributed by atoms with Crippen LogP contribution in [0.4, 0.5) is 28.0 Å². The minimum Gasteiger partial charge on any atom is -0.488 e. The maximum Gasteiger partial charge on any atom is 0.415 e. The molecule has 0 N–H and O–H groups in total. The Morgan fingerprint density at radius 1 is 0.921 bits per heavy atom. The number of quaternary nitrogens is 1. The fourth-order valence-corrected chi connectivity index (χ4v) is 5.52. The van der Waals surface area contributed by atoms with Crippen molar-refractivity contribution in [1.82, 2.24) is 0 Å². The van der Waals surface area contributed by atoms with E-state index in [1.807, 2.05) is 30.3 Å². The molecule has 9 heteroatoms. The molecule has 1 atom stereocenters. The van der Waals surface area contributed by atoms with E-state index in [9.17, 15) is 22.4 Å². The second-order valence-corrected chi connectivity index (χ2v) is 10.1. The molecular formula is C29H29F4N2O3+. The van der Waals surface area contributed by atoms with E-state index in [0.29, 0.717) is 13.2 Å². The molecule has 38 heavy (non-hydrogen) atoms. The average molecular weight is 530 g/mol. The van der Waals surface area contributed by atoms with Gasteiger partial charge in [-0.1, -0.05) is 24.3 Å². The molecule has 200 valence electrons. The van der Waals surface area contributed by atoms with Crippen LogP contribution in [0.3, 0.4) is 0 Å². The molecule has 0 aliphatic carbocycles. The third-order valence-corrected chi connectivity index (χ3v) is 7.60. The lowest BCUT2D eigenvalue weighted by Crippen LogP contribution is -2.65. The van der Waals surface area contributed by atoms with E-state index in [1.165, 1.54) is 18.2 Å². The van der Waals surface area contributed by atoms with Gasteiger partial charge in [-0.15, -0.1) is 0 Å². The van der Waals surface area contributed by atoms with Crippen molar-refractivity contribution in [2.24, 2.45) is 5.92 Å². The summed E-state index contributed by atoms with van der Waals surface area (Å²) in [5.41, 5.74) is 0.180. The van der Waals surface area contributed by atoms with Gasteiger partial charge in [-0.3, -0.25) is 4.90 Å². The maximum absolute atomic E-state index is 14.0. The molecule has 3 saturated heterocycles. The zero-order chi connectivity index (χ0) is 26.7. The lowest BCUT2D eigenvalue weighted by molar-refractivity contribution is -0.946. The second-order valence-electron chi connectivity index (χ2n) is 10.1. The fraction of sp³-hybridized carbons (Fsp3) is 0.345. The highest BCUT2D eigenvalue weighted by Crippen LogP contribution is 2.36. The van der Waals surface area contributed by atoms with Crippen molar-refractivity contribution >= 4 is 11.8 Å². The highest BCUT2D eigenvalue weighted by molar-refractivity contribution is 5.87. The Bertz CT molecular complexity index is 1260. The summed E-state index contributed by atoms with van der Waals surface area (Å²) >= 11 is 0. The van der Waals surface area contributed by atoms with Crippen LogP contribution in [-0.4, -0.2) is 49.5 Å². The van der Waals surface area contributed by atoms with Crippen LogP contribution >= 0.6 is 0 Å². The Morgan fingerprint density at radius 3 is 2.32 bits per heavy atom. The van der Waals surface area contributed by atoms with Gasteiger partial charge in [0, 0.05) is 18.8 Å². The maximum atomic E-state index is 14.0. The molecule has 3 aliphatic heterocycles. The lowest BCUT2D eigenvalue weighted by atomic mass is 9.83. The van der Waals surface area contributed by atoms with Crippen LogP contribution in [0, 0.1) is 29.2 Å². The first-order valence-electron chi connectivity index (χ1n) is 12.7. The molecule has 6 rings (SSSR count). The molecule has 0 aromatic heterocycles. The molecule has 0 radical (unpaired) electrons. The molecule has 3 heterocycles. The number of fused-ring (bicyclic) bond motifs is 3. The average Bonchev–Trinajstić information content (AvgIpc) is 2.91. The Balaban J connectivity index is 1.30. The number of carbonyl (C=O) groups is 1. The van der Waals surface area contributed by atoms with Crippen molar-refractivity contribution in [3.63, 3.8) is 0 Å². The monoisotopic (exact) mass is 529 g/mol. The normalized spacial score (nSPS) is 22.2. The van der Waals surface area contributed by atoms with Crippen molar-refractivity contribution in [3.05, 3.63) is 95.6 Å². The van der Waals surface area contributed by atoms with Gasteiger partial charge in [0.25, 0.3) is 0 Å². The van der Waals surface area contributed by atoms with Gasteiger partial charge in [0.15, 0.2) is 23.6 Å². The summed E-state index contributed by atoms with van der Waals surface area (Å²) in [5, 5.41) is 0. The van der Waals surface area contributed by atoms with Gasteiger partial charge >= 0.3 is 6.09 Å². The predicted octanol–water partition coefficient (Wildman–Crippen LogP) is 6.07. The molecule has 3 fully saturated rings. The Labute approximate surface area is 218 Å². The smallest absolute Gasteiger partial charge is 0.415 e. The number of carbonyl (C=O) groups excluding carboxylic acids is 1. The first-order valence-corrected chi connectivity index (χ1v) is 12.7. The van der Waals surface area contributed by atoms with Crippen molar-refractivity contribution in [2.75, 3.05) is 37.7 Å². The molecule has 0 saturated carbocycles. The van der Waals surface area contributed by atoms with Crippen molar-refractivity contribution < 1.29 is 36.3 Å². The van der Waals surface area contributed by atoms with E-state index in [2.05, 4.69) is 0 Å². The summed E-state index contributed by atoms with van der Waals surface area (Å²) in [7, 11) is 0. The number of ether oxygens (including phenoxy) is 2. The van der Waals surface area contributed by atoms with Crippen LogP contribution in [0.2, 0.25) is 0 Å². The van der Waals surface area contributed by atoms with E-state index >= 15 is 0 Å². The van der Waals surface area contributed by atoms with Crippen LogP contribution < -0.4 is 9.64 Å². The Hall–Kier alpha value is -3.59. The molecule has 2 bridgehead atoms. The van der Waals surface area contributed by atoms with Crippen LogP contribution in [-0.2, 0) is 11.3 Å². The summed E-state index contributed by atoms with van der Waals surface area (Å²) in [6.45, 7) is 3.56. The quantitative estimate of drug-likeness (QED) is 0.202. The molecule has 3 aromatic carbocycles. The van der Waals surface area contributed by atoms with Crippen LogP contribution in [0.1, 0.15) is 18.4 Å².